The van der Waals surface area contributed by atoms with E-state index in [2.05, 4.69) is 4.72 Å². The number of nitrogens with one attached hydrogen (secondary N) is 1. The van der Waals surface area contributed by atoms with Gasteiger partial charge in [0.25, 0.3) is 0 Å². The minimum absolute atomic E-state index is 0.0851. The molecule has 0 radical (unpaired) electrons. The lowest BCUT2D eigenvalue weighted by Gasteiger charge is -2.16. The van der Waals surface area contributed by atoms with Crippen molar-refractivity contribution >= 4 is 21.6 Å². The van der Waals surface area contributed by atoms with E-state index in [1.54, 1.807) is 12.1 Å². The van der Waals surface area contributed by atoms with Gasteiger partial charge in [-0.3, -0.25) is 9.59 Å². The Morgan fingerprint density at radius 1 is 1.03 bits per heavy atom. The molecule has 1 aliphatic carbocycles. The normalized spacial score (nSPS) is 19.3. The van der Waals surface area contributed by atoms with E-state index in [1.807, 2.05) is 32.9 Å². The predicted molar refractivity (Wildman–Crippen MR) is 114 cm³/mol. The Bertz CT molecular complexity index is 1050. The third-order valence-corrected chi connectivity index (χ3v) is 7.11. The number of aryl methyl sites for hydroxylation is 3. The number of benzene rings is 2. The van der Waals surface area contributed by atoms with Gasteiger partial charge in [0.1, 0.15) is 17.5 Å². The summed E-state index contributed by atoms with van der Waals surface area (Å²) >= 11 is 0. The molecule has 0 bridgehead atoms. The lowest BCUT2D eigenvalue weighted by atomic mass is 9.86. The number of carbonyl (C=O) groups excluding carboxylic acids is 2. The summed E-state index contributed by atoms with van der Waals surface area (Å²) in [5, 5.41) is 0. The molecule has 160 valence electrons. The molecule has 1 saturated carbocycles. The Morgan fingerprint density at radius 2 is 1.63 bits per heavy atom. The Morgan fingerprint density at radius 3 is 2.20 bits per heavy atom. The van der Waals surface area contributed by atoms with E-state index in [-0.39, 0.29) is 29.4 Å². The molecule has 1 N–H and O–H groups in total. The van der Waals surface area contributed by atoms with Crippen LogP contribution in [0.4, 0.5) is 0 Å². The molecule has 2 aromatic carbocycles. The average Bonchev–Trinajstić information content (AvgIpc) is 2.95. The van der Waals surface area contributed by atoms with Crippen molar-refractivity contribution in [3.8, 4) is 5.75 Å². The summed E-state index contributed by atoms with van der Waals surface area (Å²) in [6.45, 7) is 5.93. The molecule has 0 aromatic heterocycles. The van der Waals surface area contributed by atoms with Crippen molar-refractivity contribution in [1.29, 1.82) is 0 Å². The van der Waals surface area contributed by atoms with Crippen LogP contribution in [0, 0.1) is 26.7 Å². The van der Waals surface area contributed by atoms with E-state index in [0.717, 1.165) is 22.3 Å². The molecule has 1 fully saturated rings. The van der Waals surface area contributed by atoms with Gasteiger partial charge >= 0.3 is 0 Å². The molecule has 2 atom stereocenters. The highest BCUT2D eigenvalue weighted by atomic mass is 32.2. The number of hydrogen-bond donors (Lipinski definition) is 1. The molecule has 1 aliphatic rings. The number of carbonyl (C=O) groups is 2. The summed E-state index contributed by atoms with van der Waals surface area (Å²) in [6.07, 6.45) is 0.445. The summed E-state index contributed by atoms with van der Waals surface area (Å²) in [7, 11) is -2.19. The van der Waals surface area contributed by atoms with Crippen LogP contribution in [0.2, 0.25) is 0 Å². The van der Waals surface area contributed by atoms with Crippen molar-refractivity contribution in [3.63, 3.8) is 0 Å². The molecule has 0 saturated heterocycles. The Kier molecular flexibility index (Phi) is 6.43. The zero-order valence-electron chi connectivity index (χ0n) is 17.7. The van der Waals surface area contributed by atoms with Crippen LogP contribution in [0.3, 0.4) is 0 Å². The SMILES string of the molecule is COc1ccc(S(=O)(=O)NCCC2CC(=O)C(c3c(C)cc(C)cc3C)C2=O)cc1. The van der Waals surface area contributed by atoms with Crippen molar-refractivity contribution in [3.05, 3.63) is 58.7 Å². The number of hydrogen-bond acceptors (Lipinski definition) is 5. The summed E-state index contributed by atoms with van der Waals surface area (Å²) in [5.41, 5.74) is 3.79. The fourth-order valence-electron chi connectivity index (χ4n) is 4.26. The van der Waals surface area contributed by atoms with Crippen molar-refractivity contribution in [2.24, 2.45) is 5.92 Å². The van der Waals surface area contributed by atoms with E-state index in [0.29, 0.717) is 12.2 Å². The van der Waals surface area contributed by atoms with Crippen LogP contribution in [0.5, 0.6) is 5.75 Å². The van der Waals surface area contributed by atoms with Crippen LogP contribution in [-0.2, 0) is 19.6 Å². The van der Waals surface area contributed by atoms with Crippen molar-refractivity contribution in [1.82, 2.24) is 4.72 Å². The molecule has 0 spiro atoms. The lowest BCUT2D eigenvalue weighted by molar-refractivity contribution is -0.124. The highest BCUT2D eigenvalue weighted by molar-refractivity contribution is 7.89. The van der Waals surface area contributed by atoms with E-state index in [4.69, 9.17) is 4.74 Å². The summed E-state index contributed by atoms with van der Waals surface area (Å²) in [6, 6.07) is 10.0. The summed E-state index contributed by atoms with van der Waals surface area (Å²) in [5.74, 6) is -0.844. The van der Waals surface area contributed by atoms with Crippen molar-refractivity contribution in [2.75, 3.05) is 13.7 Å². The summed E-state index contributed by atoms with van der Waals surface area (Å²) in [4.78, 5) is 25.8. The largest absolute Gasteiger partial charge is 0.497 e. The highest BCUT2D eigenvalue weighted by Gasteiger charge is 2.42. The maximum atomic E-state index is 13.0. The smallest absolute Gasteiger partial charge is 0.240 e. The fraction of sp³-hybridized carbons (Fsp3) is 0.391. The Labute approximate surface area is 177 Å². The number of Topliss-reactive ketones (excluding diaryl/α,β-unsaturated/α-hetero) is 2. The first-order valence-electron chi connectivity index (χ1n) is 9.92. The zero-order valence-corrected chi connectivity index (χ0v) is 18.5. The maximum Gasteiger partial charge on any atom is 0.240 e. The van der Waals surface area contributed by atoms with Gasteiger partial charge in [0.2, 0.25) is 10.0 Å². The number of sulfonamides is 1. The Hall–Kier alpha value is -2.51. The van der Waals surface area contributed by atoms with Crippen LogP contribution < -0.4 is 9.46 Å². The zero-order chi connectivity index (χ0) is 22.1. The summed E-state index contributed by atoms with van der Waals surface area (Å²) < 4.78 is 32.5. The van der Waals surface area contributed by atoms with E-state index in [1.165, 1.54) is 19.2 Å². The van der Waals surface area contributed by atoms with Crippen molar-refractivity contribution in [2.45, 2.75) is 44.4 Å². The van der Waals surface area contributed by atoms with Gasteiger partial charge in [-0.25, -0.2) is 13.1 Å². The highest BCUT2D eigenvalue weighted by Crippen LogP contribution is 2.37. The molecule has 0 amide bonds. The van der Waals surface area contributed by atoms with E-state index in [9.17, 15) is 18.0 Å². The molecule has 3 rings (SSSR count). The second-order valence-corrected chi connectivity index (χ2v) is 9.64. The van der Waals surface area contributed by atoms with Crippen LogP contribution in [0.25, 0.3) is 0 Å². The monoisotopic (exact) mass is 429 g/mol. The third-order valence-electron chi connectivity index (χ3n) is 5.64. The average molecular weight is 430 g/mol. The molecule has 2 aromatic rings. The van der Waals surface area contributed by atoms with Gasteiger partial charge in [-0.2, -0.15) is 0 Å². The van der Waals surface area contributed by atoms with Gasteiger partial charge in [-0.1, -0.05) is 17.7 Å². The topological polar surface area (TPSA) is 89.5 Å². The number of ketones is 2. The number of ether oxygens (including phenoxy) is 1. The quantitative estimate of drug-likeness (QED) is 0.683. The third kappa shape index (κ3) is 4.47. The van der Waals surface area contributed by atoms with Gasteiger partial charge in [0, 0.05) is 18.9 Å². The Balaban J connectivity index is 1.67. The predicted octanol–water partition coefficient (Wildman–Crippen LogP) is 3.23. The molecule has 7 heteroatoms. The second kappa shape index (κ2) is 8.70. The van der Waals surface area contributed by atoms with Crippen LogP contribution in [-0.4, -0.2) is 33.6 Å². The first kappa shape index (κ1) is 22.2. The second-order valence-electron chi connectivity index (χ2n) is 7.88. The first-order valence-corrected chi connectivity index (χ1v) is 11.4. The van der Waals surface area contributed by atoms with E-state index < -0.39 is 21.9 Å². The molecule has 0 heterocycles. The van der Waals surface area contributed by atoms with Crippen LogP contribution >= 0.6 is 0 Å². The van der Waals surface area contributed by atoms with Gasteiger partial charge in [0.15, 0.2) is 5.78 Å². The number of methoxy groups -OCH3 is 1. The molecule has 6 nitrogen and oxygen atoms in total. The minimum atomic E-state index is -3.69. The van der Waals surface area contributed by atoms with Crippen LogP contribution in [0.1, 0.15) is 41.0 Å². The molecular weight excluding hydrogens is 402 g/mol. The van der Waals surface area contributed by atoms with Gasteiger partial charge in [-0.05, 0) is 68.1 Å². The minimum Gasteiger partial charge on any atom is -0.497 e. The lowest BCUT2D eigenvalue weighted by Crippen LogP contribution is -2.27. The molecular formula is C23H27NO5S. The maximum absolute atomic E-state index is 13.0. The molecule has 2 unspecified atom stereocenters. The first-order chi connectivity index (χ1) is 14.1. The molecule has 0 aliphatic heterocycles. The molecule has 30 heavy (non-hydrogen) atoms. The number of rotatable bonds is 7. The standard InChI is InChI=1S/C23H27NO5S/c1-14-11-15(2)21(16(3)12-14)22-20(25)13-17(23(22)26)9-10-24-30(27,28)19-7-5-18(29-4)6-8-19/h5-8,11-12,17,22,24H,9-10,13H2,1-4H3. The van der Waals surface area contributed by atoms with Gasteiger partial charge < -0.3 is 4.74 Å². The van der Waals surface area contributed by atoms with Gasteiger partial charge in [0.05, 0.1) is 12.0 Å². The fourth-order valence-corrected chi connectivity index (χ4v) is 5.30. The van der Waals surface area contributed by atoms with Gasteiger partial charge in [-0.15, -0.1) is 0 Å². The van der Waals surface area contributed by atoms with E-state index >= 15 is 0 Å². The van der Waals surface area contributed by atoms with Crippen molar-refractivity contribution < 1.29 is 22.7 Å². The van der Waals surface area contributed by atoms with Crippen LogP contribution in [0.15, 0.2) is 41.3 Å².